The van der Waals surface area contributed by atoms with Crippen LogP contribution in [0.5, 0.6) is 11.5 Å². The van der Waals surface area contributed by atoms with Crippen molar-refractivity contribution < 1.29 is 14.3 Å². The van der Waals surface area contributed by atoms with Crippen molar-refractivity contribution in [3.63, 3.8) is 0 Å². The number of amides is 1. The molecule has 150 valence electrons. The molecule has 1 aliphatic heterocycles. The quantitative estimate of drug-likeness (QED) is 0.563. The van der Waals surface area contributed by atoms with Crippen LogP contribution in [0, 0.1) is 0 Å². The van der Waals surface area contributed by atoms with Crippen LogP contribution in [0.3, 0.4) is 0 Å². The number of hydrogen-bond acceptors (Lipinski definition) is 4. The van der Waals surface area contributed by atoms with Gasteiger partial charge in [0, 0.05) is 23.9 Å². The van der Waals surface area contributed by atoms with Crippen molar-refractivity contribution in [3.8, 4) is 11.5 Å². The van der Waals surface area contributed by atoms with Crippen molar-refractivity contribution in [1.82, 2.24) is 4.90 Å². The van der Waals surface area contributed by atoms with Gasteiger partial charge in [-0.15, -0.1) is 11.8 Å². The molecule has 1 amide bonds. The van der Waals surface area contributed by atoms with E-state index in [0.29, 0.717) is 0 Å². The topological polar surface area (TPSA) is 38.8 Å². The lowest BCUT2D eigenvalue weighted by Gasteiger charge is -2.25. The number of methoxy groups -OCH3 is 2. The largest absolute Gasteiger partial charge is 0.497 e. The third-order valence-electron chi connectivity index (χ3n) is 5.08. The van der Waals surface area contributed by atoms with E-state index in [4.69, 9.17) is 9.47 Å². The minimum Gasteiger partial charge on any atom is -0.497 e. The number of hydrogen-bond donors (Lipinski definition) is 0. The average Bonchev–Trinajstić information content (AvgIpc) is 3.23. The summed E-state index contributed by atoms with van der Waals surface area (Å²) >= 11 is 1.78. The summed E-state index contributed by atoms with van der Waals surface area (Å²) in [5.74, 6) is 2.48. The summed E-state index contributed by atoms with van der Waals surface area (Å²) in [6, 6.07) is 14.0. The highest BCUT2D eigenvalue weighted by Crippen LogP contribution is 2.41. The first-order valence-electron chi connectivity index (χ1n) is 9.90. The van der Waals surface area contributed by atoms with Gasteiger partial charge in [0.05, 0.1) is 14.2 Å². The van der Waals surface area contributed by atoms with Crippen molar-refractivity contribution in [3.05, 3.63) is 59.2 Å². The lowest BCUT2D eigenvalue weighted by molar-refractivity contribution is 0.0760. The molecule has 3 rings (SSSR count). The summed E-state index contributed by atoms with van der Waals surface area (Å²) in [6.07, 6.45) is 4.75. The Morgan fingerprint density at radius 2 is 1.75 bits per heavy atom. The highest BCUT2D eigenvalue weighted by atomic mass is 32.2. The molecule has 1 fully saturated rings. The number of aryl methyl sites for hydroxylation is 1. The Morgan fingerprint density at radius 3 is 2.36 bits per heavy atom. The van der Waals surface area contributed by atoms with Crippen LogP contribution in [0.4, 0.5) is 0 Å². The number of ether oxygens (including phenoxy) is 2. The summed E-state index contributed by atoms with van der Waals surface area (Å²) in [5.41, 5.74) is 3.08. The van der Waals surface area contributed by atoms with Crippen molar-refractivity contribution in [1.29, 1.82) is 0 Å². The van der Waals surface area contributed by atoms with Crippen LogP contribution in [-0.2, 0) is 6.42 Å². The smallest absolute Gasteiger partial charge is 0.255 e. The van der Waals surface area contributed by atoms with Crippen LogP contribution >= 0.6 is 11.8 Å². The highest BCUT2D eigenvalue weighted by Gasteiger charge is 2.32. The van der Waals surface area contributed by atoms with Crippen LogP contribution in [0.15, 0.2) is 42.5 Å². The van der Waals surface area contributed by atoms with Gasteiger partial charge in [-0.3, -0.25) is 4.79 Å². The summed E-state index contributed by atoms with van der Waals surface area (Å²) < 4.78 is 10.8. The molecule has 0 aliphatic carbocycles. The molecule has 1 atom stereocenters. The Morgan fingerprint density at radius 1 is 1.07 bits per heavy atom. The predicted molar refractivity (Wildman–Crippen MR) is 115 cm³/mol. The van der Waals surface area contributed by atoms with Crippen LogP contribution in [0.25, 0.3) is 0 Å². The van der Waals surface area contributed by atoms with E-state index in [0.717, 1.165) is 41.3 Å². The van der Waals surface area contributed by atoms with Gasteiger partial charge in [-0.05, 0) is 48.2 Å². The summed E-state index contributed by atoms with van der Waals surface area (Å²) in [7, 11) is 3.29. The van der Waals surface area contributed by atoms with Crippen LogP contribution in [-0.4, -0.2) is 37.3 Å². The van der Waals surface area contributed by atoms with E-state index in [2.05, 4.69) is 19.1 Å². The first kappa shape index (κ1) is 20.6. The van der Waals surface area contributed by atoms with E-state index in [1.165, 1.54) is 24.8 Å². The predicted octanol–water partition coefficient (Wildman–Crippen LogP) is 5.32. The van der Waals surface area contributed by atoms with Gasteiger partial charge in [-0.1, -0.05) is 31.9 Å². The molecule has 0 saturated carbocycles. The summed E-state index contributed by atoms with van der Waals surface area (Å²) in [4.78, 5) is 15.1. The molecule has 1 heterocycles. The van der Waals surface area contributed by atoms with Gasteiger partial charge < -0.3 is 14.4 Å². The molecule has 1 saturated heterocycles. The minimum atomic E-state index is -0.0271. The Hall–Kier alpha value is -2.14. The fraction of sp³-hybridized carbons (Fsp3) is 0.435. The summed E-state index contributed by atoms with van der Waals surface area (Å²) in [5, 5.41) is -0.0271. The Labute approximate surface area is 172 Å². The molecular formula is C23H29NO3S. The van der Waals surface area contributed by atoms with Gasteiger partial charge in [0.1, 0.15) is 16.9 Å². The number of nitrogens with zero attached hydrogens (tertiary/aromatic N) is 1. The lowest BCUT2D eigenvalue weighted by atomic mass is 10.0. The number of carbonyl (C=O) groups is 1. The molecule has 28 heavy (non-hydrogen) atoms. The van der Waals surface area contributed by atoms with Crippen molar-refractivity contribution in [2.24, 2.45) is 0 Å². The molecule has 4 nitrogen and oxygen atoms in total. The van der Waals surface area contributed by atoms with E-state index >= 15 is 0 Å². The maximum Gasteiger partial charge on any atom is 0.255 e. The molecule has 5 heteroatoms. The Bertz CT molecular complexity index is 769. The zero-order chi connectivity index (χ0) is 19.9. The van der Waals surface area contributed by atoms with E-state index in [9.17, 15) is 4.79 Å². The lowest BCUT2D eigenvalue weighted by Crippen LogP contribution is -2.30. The third kappa shape index (κ3) is 4.82. The van der Waals surface area contributed by atoms with Gasteiger partial charge in [0.15, 0.2) is 0 Å². The van der Waals surface area contributed by atoms with E-state index in [-0.39, 0.29) is 11.3 Å². The van der Waals surface area contributed by atoms with Gasteiger partial charge in [-0.2, -0.15) is 0 Å². The Kier molecular flexibility index (Phi) is 7.26. The molecule has 0 aromatic heterocycles. The first-order chi connectivity index (χ1) is 13.7. The van der Waals surface area contributed by atoms with Crippen LogP contribution < -0.4 is 9.47 Å². The minimum absolute atomic E-state index is 0.0271. The third-order valence-corrected chi connectivity index (χ3v) is 6.34. The zero-order valence-electron chi connectivity index (χ0n) is 16.9. The monoisotopic (exact) mass is 399 g/mol. The number of unbranched alkanes of at least 4 members (excludes halogenated alkanes) is 2. The van der Waals surface area contributed by atoms with E-state index in [1.54, 1.807) is 26.0 Å². The second-order valence-corrected chi connectivity index (χ2v) is 8.21. The van der Waals surface area contributed by atoms with Gasteiger partial charge in [0.25, 0.3) is 5.91 Å². The second-order valence-electron chi connectivity index (χ2n) is 7.02. The highest BCUT2D eigenvalue weighted by molar-refractivity contribution is 7.99. The molecule has 1 aliphatic rings. The molecule has 2 aromatic rings. The van der Waals surface area contributed by atoms with E-state index < -0.39 is 0 Å². The fourth-order valence-corrected chi connectivity index (χ4v) is 4.72. The molecule has 0 radical (unpaired) electrons. The van der Waals surface area contributed by atoms with E-state index in [1.807, 2.05) is 35.2 Å². The standard InChI is InChI=1S/C23H29NO3S/c1-4-5-6-7-17-8-10-18(11-9-17)22(25)24-12-13-28-23(24)19-14-20(26-2)16-21(15-19)27-3/h8-11,14-16,23H,4-7,12-13H2,1-3H3/t23-/m0/s1. The Balaban J connectivity index is 1.76. The molecule has 0 unspecified atom stereocenters. The SMILES string of the molecule is CCCCCc1ccc(C(=O)N2CCS[C@H]2c2cc(OC)cc(OC)c2)cc1. The van der Waals surface area contributed by atoms with Crippen LogP contribution in [0.2, 0.25) is 0 Å². The first-order valence-corrected chi connectivity index (χ1v) is 11.0. The normalized spacial score (nSPS) is 16.2. The summed E-state index contributed by atoms with van der Waals surface area (Å²) in [6.45, 7) is 2.95. The molecule has 2 aromatic carbocycles. The van der Waals surface area contributed by atoms with Crippen molar-refractivity contribution in [2.45, 2.75) is 38.0 Å². The van der Waals surface area contributed by atoms with Crippen molar-refractivity contribution in [2.75, 3.05) is 26.5 Å². The molecule has 0 N–H and O–H groups in total. The molecular weight excluding hydrogens is 370 g/mol. The number of benzene rings is 2. The maximum absolute atomic E-state index is 13.2. The van der Waals surface area contributed by atoms with Gasteiger partial charge >= 0.3 is 0 Å². The van der Waals surface area contributed by atoms with Gasteiger partial charge in [0.2, 0.25) is 0 Å². The van der Waals surface area contributed by atoms with Crippen molar-refractivity contribution >= 4 is 17.7 Å². The second kappa shape index (κ2) is 9.87. The molecule has 0 bridgehead atoms. The molecule has 0 spiro atoms. The average molecular weight is 400 g/mol. The zero-order valence-corrected chi connectivity index (χ0v) is 17.8. The fourth-order valence-electron chi connectivity index (χ4n) is 3.49. The maximum atomic E-state index is 13.2. The number of rotatable bonds is 8. The van der Waals surface area contributed by atoms with Crippen LogP contribution in [0.1, 0.15) is 53.0 Å². The number of thioether (sulfide) groups is 1. The number of carbonyl (C=O) groups excluding carboxylic acids is 1. The van der Waals surface area contributed by atoms with Gasteiger partial charge in [-0.25, -0.2) is 0 Å².